The first-order valence-electron chi connectivity index (χ1n) is 11.6. The molecule has 10 heteroatoms. The van der Waals surface area contributed by atoms with E-state index >= 15 is 0 Å². The van der Waals surface area contributed by atoms with Crippen LogP contribution in [0.4, 0.5) is 16.0 Å². The number of hydrogen-bond acceptors (Lipinski definition) is 7. The van der Waals surface area contributed by atoms with E-state index in [4.69, 9.17) is 19.8 Å². The van der Waals surface area contributed by atoms with Gasteiger partial charge in [-0.2, -0.15) is 5.10 Å². The zero-order valence-corrected chi connectivity index (χ0v) is 19.5. The molecule has 1 amide bonds. The molecule has 2 aliphatic rings. The predicted octanol–water partition coefficient (Wildman–Crippen LogP) is 3.14. The van der Waals surface area contributed by atoms with Crippen LogP contribution in [-0.2, 0) is 21.5 Å². The first-order valence-corrected chi connectivity index (χ1v) is 11.6. The van der Waals surface area contributed by atoms with Crippen LogP contribution in [0.5, 0.6) is 0 Å². The Labute approximate surface area is 201 Å². The maximum absolute atomic E-state index is 14.4. The normalized spacial score (nSPS) is 17.0. The van der Waals surface area contributed by atoms with Gasteiger partial charge in [-0.25, -0.2) is 24.0 Å². The summed E-state index contributed by atoms with van der Waals surface area (Å²) < 4.78 is 21.6. The highest BCUT2D eigenvalue weighted by molar-refractivity contribution is 6.06. The Morgan fingerprint density at radius 3 is 2.71 bits per heavy atom. The summed E-state index contributed by atoms with van der Waals surface area (Å²) in [6.07, 6.45) is 1.68. The first-order chi connectivity index (χ1) is 16.9. The van der Waals surface area contributed by atoms with E-state index in [2.05, 4.69) is 15.2 Å². The van der Waals surface area contributed by atoms with Crippen LogP contribution in [0.25, 0.3) is 22.6 Å². The summed E-state index contributed by atoms with van der Waals surface area (Å²) >= 11 is 0. The third-order valence-corrected chi connectivity index (χ3v) is 6.62. The maximum atomic E-state index is 14.4. The zero-order chi connectivity index (χ0) is 24.2. The SMILES string of the molecule is CC1(C)C(=O)Nc2nc(-c3nn(Cc4ccccc4F)c4ncccc34)nc(N3CCOCC3)c21. The molecule has 0 unspecified atom stereocenters. The van der Waals surface area contributed by atoms with E-state index in [0.29, 0.717) is 60.7 Å². The molecule has 4 aromatic rings. The Balaban J connectivity index is 1.52. The van der Waals surface area contributed by atoms with Gasteiger partial charge in [-0.05, 0) is 32.0 Å². The van der Waals surface area contributed by atoms with Crippen LogP contribution in [-0.4, -0.2) is 56.9 Å². The molecule has 35 heavy (non-hydrogen) atoms. The largest absolute Gasteiger partial charge is 0.378 e. The number of carbonyl (C=O) groups excluding carboxylic acids is 1. The average molecular weight is 474 g/mol. The number of amides is 1. The monoisotopic (exact) mass is 473 g/mol. The molecule has 1 aromatic carbocycles. The molecule has 178 valence electrons. The lowest BCUT2D eigenvalue weighted by molar-refractivity contribution is -0.119. The van der Waals surface area contributed by atoms with Gasteiger partial charge in [-0.3, -0.25) is 4.79 Å². The van der Waals surface area contributed by atoms with Crippen LogP contribution in [0.3, 0.4) is 0 Å². The summed E-state index contributed by atoms with van der Waals surface area (Å²) in [6.45, 7) is 6.47. The molecule has 1 fully saturated rings. The number of nitrogens with zero attached hydrogens (tertiary/aromatic N) is 6. The summed E-state index contributed by atoms with van der Waals surface area (Å²) in [5, 5.41) is 8.45. The number of fused-ring (bicyclic) bond motifs is 2. The average Bonchev–Trinajstić information content (AvgIpc) is 3.34. The fourth-order valence-electron chi connectivity index (χ4n) is 4.67. The molecule has 6 rings (SSSR count). The van der Waals surface area contributed by atoms with Crippen LogP contribution in [0.1, 0.15) is 25.0 Å². The minimum atomic E-state index is -0.769. The molecule has 3 aromatic heterocycles. The van der Waals surface area contributed by atoms with E-state index in [1.165, 1.54) is 6.07 Å². The van der Waals surface area contributed by atoms with Crippen molar-refractivity contribution in [1.82, 2.24) is 24.7 Å². The number of nitrogens with one attached hydrogen (secondary N) is 1. The summed E-state index contributed by atoms with van der Waals surface area (Å²) in [5.74, 6) is 1.16. The fraction of sp³-hybridized carbons (Fsp3) is 0.320. The third-order valence-electron chi connectivity index (χ3n) is 6.62. The summed E-state index contributed by atoms with van der Waals surface area (Å²) in [4.78, 5) is 29.1. The first kappa shape index (κ1) is 21.6. The molecule has 0 saturated carbocycles. The highest BCUT2D eigenvalue weighted by Crippen LogP contribution is 2.43. The topological polar surface area (TPSA) is 98.1 Å². The van der Waals surface area contributed by atoms with Crippen molar-refractivity contribution in [2.75, 3.05) is 36.5 Å². The standard InChI is InChI=1S/C25H24FN7O2/c1-25(2)18-20(30-24(25)34)28-21(29-23(18)32-10-12-35-13-11-32)19-16-7-5-9-27-22(16)33(31-19)14-15-6-3-4-8-17(15)26/h3-9H,10-14H2,1-2H3,(H,28,29,30,34). The van der Waals surface area contributed by atoms with Gasteiger partial charge >= 0.3 is 0 Å². The highest BCUT2D eigenvalue weighted by atomic mass is 19.1. The van der Waals surface area contributed by atoms with Gasteiger partial charge in [0.15, 0.2) is 11.5 Å². The van der Waals surface area contributed by atoms with Gasteiger partial charge in [0.2, 0.25) is 5.91 Å². The van der Waals surface area contributed by atoms with Gasteiger partial charge in [0.05, 0.1) is 36.1 Å². The van der Waals surface area contributed by atoms with Gasteiger partial charge in [-0.15, -0.1) is 0 Å². The van der Waals surface area contributed by atoms with Gasteiger partial charge in [0.1, 0.15) is 23.1 Å². The molecule has 2 aliphatic heterocycles. The molecule has 0 atom stereocenters. The minimum Gasteiger partial charge on any atom is -0.378 e. The van der Waals surface area contributed by atoms with Crippen molar-refractivity contribution >= 4 is 28.6 Å². The fourth-order valence-corrected chi connectivity index (χ4v) is 4.67. The number of aromatic nitrogens is 5. The highest BCUT2D eigenvalue weighted by Gasteiger charge is 2.44. The number of benzene rings is 1. The molecule has 0 bridgehead atoms. The van der Waals surface area contributed by atoms with Gasteiger partial charge in [0, 0.05) is 24.8 Å². The summed E-state index contributed by atoms with van der Waals surface area (Å²) in [7, 11) is 0. The van der Waals surface area contributed by atoms with Gasteiger partial charge in [0.25, 0.3) is 0 Å². The van der Waals surface area contributed by atoms with E-state index in [1.807, 2.05) is 26.0 Å². The number of anilines is 2. The Hall–Kier alpha value is -3.92. The van der Waals surface area contributed by atoms with Gasteiger partial charge < -0.3 is 15.0 Å². The molecule has 5 heterocycles. The lowest BCUT2D eigenvalue weighted by Crippen LogP contribution is -2.39. The van der Waals surface area contributed by atoms with E-state index in [-0.39, 0.29) is 18.3 Å². The molecule has 0 spiro atoms. The summed E-state index contributed by atoms with van der Waals surface area (Å²) in [5.41, 5.74) is 1.65. The Bertz CT molecular complexity index is 1460. The lowest BCUT2D eigenvalue weighted by atomic mass is 9.87. The van der Waals surface area contributed by atoms with E-state index in [1.54, 1.807) is 29.1 Å². The number of ether oxygens (including phenoxy) is 1. The smallest absolute Gasteiger partial charge is 0.235 e. The van der Waals surface area contributed by atoms with Crippen molar-refractivity contribution < 1.29 is 13.9 Å². The second-order valence-electron chi connectivity index (χ2n) is 9.25. The number of pyridine rings is 1. The predicted molar refractivity (Wildman–Crippen MR) is 129 cm³/mol. The molecular weight excluding hydrogens is 449 g/mol. The molecule has 1 N–H and O–H groups in total. The maximum Gasteiger partial charge on any atom is 0.235 e. The van der Waals surface area contributed by atoms with Crippen LogP contribution in [0, 0.1) is 5.82 Å². The minimum absolute atomic E-state index is 0.120. The Morgan fingerprint density at radius 1 is 1.11 bits per heavy atom. The van der Waals surface area contributed by atoms with Crippen molar-refractivity contribution in [2.45, 2.75) is 25.8 Å². The molecule has 0 radical (unpaired) electrons. The van der Waals surface area contributed by atoms with Gasteiger partial charge in [-0.1, -0.05) is 18.2 Å². The van der Waals surface area contributed by atoms with Crippen LogP contribution < -0.4 is 10.2 Å². The van der Waals surface area contributed by atoms with E-state index in [9.17, 15) is 9.18 Å². The molecule has 9 nitrogen and oxygen atoms in total. The van der Waals surface area contributed by atoms with Crippen molar-refractivity contribution in [3.05, 3.63) is 59.5 Å². The lowest BCUT2D eigenvalue weighted by Gasteiger charge is -2.31. The Kier molecular flexibility index (Phi) is 4.99. The zero-order valence-electron chi connectivity index (χ0n) is 19.5. The van der Waals surface area contributed by atoms with Crippen molar-refractivity contribution in [2.24, 2.45) is 0 Å². The van der Waals surface area contributed by atoms with E-state index in [0.717, 1.165) is 10.9 Å². The Morgan fingerprint density at radius 2 is 1.91 bits per heavy atom. The summed E-state index contributed by atoms with van der Waals surface area (Å²) in [6, 6.07) is 10.3. The number of carbonyl (C=O) groups is 1. The van der Waals surface area contributed by atoms with Crippen molar-refractivity contribution in [3.8, 4) is 11.5 Å². The number of halogens is 1. The molecule has 0 aliphatic carbocycles. The van der Waals surface area contributed by atoms with E-state index < -0.39 is 5.41 Å². The van der Waals surface area contributed by atoms with Crippen LogP contribution in [0.15, 0.2) is 42.6 Å². The quantitative estimate of drug-likeness (QED) is 0.486. The second kappa shape index (κ2) is 8.09. The number of hydrogen-bond donors (Lipinski definition) is 1. The van der Waals surface area contributed by atoms with Crippen LogP contribution >= 0.6 is 0 Å². The third kappa shape index (κ3) is 3.52. The molecule has 1 saturated heterocycles. The van der Waals surface area contributed by atoms with Crippen LogP contribution in [0.2, 0.25) is 0 Å². The van der Waals surface area contributed by atoms with Crippen molar-refractivity contribution in [3.63, 3.8) is 0 Å². The second-order valence-corrected chi connectivity index (χ2v) is 9.25. The number of rotatable bonds is 4. The molecular formula is C25H24FN7O2. The van der Waals surface area contributed by atoms with Crippen molar-refractivity contribution in [1.29, 1.82) is 0 Å². The number of morpholine rings is 1.